The molecule has 1 aromatic rings. The molecule has 0 radical (unpaired) electrons. The molecular weight excluding hydrogens is 256 g/mol. The van der Waals surface area contributed by atoms with Crippen LogP contribution in [-0.2, 0) is 6.42 Å². The van der Waals surface area contributed by atoms with Crippen molar-refractivity contribution in [3.05, 3.63) is 35.4 Å². The number of aryl methyl sites for hydroxylation is 1. The van der Waals surface area contributed by atoms with Crippen LogP contribution < -0.4 is 0 Å². The van der Waals surface area contributed by atoms with Crippen molar-refractivity contribution in [3.8, 4) is 0 Å². The normalized spacial score (nSPS) is 42.2. The van der Waals surface area contributed by atoms with Crippen LogP contribution in [0.15, 0.2) is 24.3 Å². The van der Waals surface area contributed by atoms with Crippen LogP contribution in [0.1, 0.15) is 56.6 Å². The lowest BCUT2D eigenvalue weighted by molar-refractivity contribution is -0.152. The molecule has 4 fully saturated rings. The molecule has 3 unspecified atom stereocenters. The molecule has 0 amide bonds. The van der Waals surface area contributed by atoms with Gasteiger partial charge in [-0.15, -0.1) is 0 Å². The highest BCUT2D eigenvalue weighted by atomic mass is 16.3. The second kappa shape index (κ2) is 4.59. The van der Waals surface area contributed by atoms with Crippen molar-refractivity contribution < 1.29 is 5.11 Å². The standard InChI is InChI=1S/C20H28O/c1-14-5-3-4-6-17(14)8-18(21)20-11-15-7-16(12-20)10-19(2,9-15)13-20/h3-6,15-16,18,21H,7-13H2,1-2H3. The summed E-state index contributed by atoms with van der Waals surface area (Å²) in [4.78, 5) is 0. The summed E-state index contributed by atoms with van der Waals surface area (Å²) in [6.07, 6.45) is 8.81. The van der Waals surface area contributed by atoms with E-state index in [1.54, 1.807) is 0 Å². The van der Waals surface area contributed by atoms with E-state index in [0.717, 1.165) is 18.3 Å². The Balaban J connectivity index is 1.59. The Kier molecular flexibility index (Phi) is 3.02. The fourth-order valence-electron chi connectivity index (χ4n) is 6.45. The highest BCUT2D eigenvalue weighted by molar-refractivity contribution is 5.27. The van der Waals surface area contributed by atoms with Gasteiger partial charge in [0, 0.05) is 0 Å². The Morgan fingerprint density at radius 1 is 1.14 bits per heavy atom. The molecule has 4 saturated carbocycles. The Labute approximate surface area is 128 Å². The predicted molar refractivity (Wildman–Crippen MR) is 86.1 cm³/mol. The molecule has 4 bridgehead atoms. The number of rotatable bonds is 3. The van der Waals surface area contributed by atoms with Gasteiger partial charge in [0.05, 0.1) is 6.10 Å². The summed E-state index contributed by atoms with van der Waals surface area (Å²) in [6, 6.07) is 8.57. The van der Waals surface area contributed by atoms with Gasteiger partial charge in [-0.3, -0.25) is 0 Å². The molecule has 1 aromatic carbocycles. The molecule has 0 saturated heterocycles. The highest BCUT2D eigenvalue weighted by Gasteiger charge is 2.58. The van der Waals surface area contributed by atoms with Gasteiger partial charge in [0.1, 0.15) is 0 Å². The van der Waals surface area contributed by atoms with Gasteiger partial charge >= 0.3 is 0 Å². The van der Waals surface area contributed by atoms with Crippen molar-refractivity contribution in [1.82, 2.24) is 0 Å². The van der Waals surface area contributed by atoms with E-state index in [0.29, 0.717) is 5.41 Å². The summed E-state index contributed by atoms with van der Waals surface area (Å²) in [5, 5.41) is 11.1. The number of hydrogen-bond acceptors (Lipinski definition) is 1. The molecule has 4 aliphatic carbocycles. The molecule has 1 heteroatoms. The fraction of sp³-hybridized carbons (Fsp3) is 0.700. The molecule has 0 heterocycles. The van der Waals surface area contributed by atoms with Crippen molar-refractivity contribution in [2.45, 2.75) is 64.9 Å². The quantitative estimate of drug-likeness (QED) is 0.866. The summed E-state index contributed by atoms with van der Waals surface area (Å²) >= 11 is 0. The van der Waals surface area contributed by atoms with Crippen LogP contribution in [0.2, 0.25) is 0 Å². The predicted octanol–water partition coefficient (Wildman–Crippen LogP) is 4.50. The third-order valence-electron chi connectivity index (χ3n) is 6.78. The van der Waals surface area contributed by atoms with E-state index in [2.05, 4.69) is 38.1 Å². The van der Waals surface area contributed by atoms with Crippen molar-refractivity contribution >= 4 is 0 Å². The summed E-state index contributed by atoms with van der Waals surface area (Å²) in [6.45, 7) is 4.66. The lowest BCUT2D eigenvalue weighted by Crippen LogP contribution is -2.55. The lowest BCUT2D eigenvalue weighted by atomic mass is 9.43. The molecule has 0 spiro atoms. The zero-order chi connectivity index (χ0) is 14.7. The number of benzene rings is 1. The molecule has 1 nitrogen and oxygen atoms in total. The molecule has 5 rings (SSSR count). The minimum atomic E-state index is -0.149. The van der Waals surface area contributed by atoms with E-state index in [1.165, 1.54) is 49.7 Å². The van der Waals surface area contributed by atoms with Gasteiger partial charge in [-0.05, 0) is 85.7 Å². The summed E-state index contributed by atoms with van der Waals surface area (Å²) in [5.41, 5.74) is 3.41. The Bertz CT molecular complexity index is 533. The summed E-state index contributed by atoms with van der Waals surface area (Å²) < 4.78 is 0. The smallest absolute Gasteiger partial charge is 0.0637 e. The first-order chi connectivity index (χ1) is 9.98. The lowest BCUT2D eigenvalue weighted by Gasteiger charge is -2.62. The molecule has 0 aliphatic heterocycles. The van der Waals surface area contributed by atoms with E-state index in [-0.39, 0.29) is 11.5 Å². The van der Waals surface area contributed by atoms with Crippen molar-refractivity contribution in [3.63, 3.8) is 0 Å². The maximum absolute atomic E-state index is 11.1. The van der Waals surface area contributed by atoms with Gasteiger partial charge in [0.25, 0.3) is 0 Å². The minimum Gasteiger partial charge on any atom is -0.392 e. The Morgan fingerprint density at radius 2 is 1.81 bits per heavy atom. The van der Waals surface area contributed by atoms with E-state index in [9.17, 15) is 5.11 Å². The van der Waals surface area contributed by atoms with E-state index >= 15 is 0 Å². The first-order valence-corrected chi connectivity index (χ1v) is 8.71. The molecule has 0 aromatic heterocycles. The maximum atomic E-state index is 11.1. The van der Waals surface area contributed by atoms with Crippen LogP contribution in [0, 0.1) is 29.6 Å². The molecule has 1 N–H and O–H groups in total. The Hall–Kier alpha value is -0.820. The first-order valence-electron chi connectivity index (χ1n) is 8.71. The average molecular weight is 284 g/mol. The number of aliphatic hydroxyl groups is 1. The van der Waals surface area contributed by atoms with E-state index in [1.807, 2.05) is 0 Å². The summed E-state index contributed by atoms with van der Waals surface area (Å²) in [5.74, 6) is 1.78. The van der Waals surface area contributed by atoms with Gasteiger partial charge in [0.15, 0.2) is 0 Å². The number of hydrogen-bond donors (Lipinski definition) is 1. The second-order valence-corrected chi connectivity index (χ2v) is 8.78. The zero-order valence-electron chi connectivity index (χ0n) is 13.4. The van der Waals surface area contributed by atoms with Crippen LogP contribution in [0.5, 0.6) is 0 Å². The second-order valence-electron chi connectivity index (χ2n) is 8.78. The minimum absolute atomic E-state index is 0.149. The molecule has 4 aliphatic rings. The highest BCUT2D eigenvalue weighted by Crippen LogP contribution is 2.66. The van der Waals surface area contributed by atoms with Crippen LogP contribution >= 0.6 is 0 Å². The van der Waals surface area contributed by atoms with Crippen LogP contribution in [0.3, 0.4) is 0 Å². The van der Waals surface area contributed by atoms with Crippen molar-refractivity contribution in [2.24, 2.45) is 22.7 Å². The monoisotopic (exact) mass is 284 g/mol. The topological polar surface area (TPSA) is 20.2 Å². The van der Waals surface area contributed by atoms with Crippen LogP contribution in [0.4, 0.5) is 0 Å². The van der Waals surface area contributed by atoms with E-state index < -0.39 is 0 Å². The Morgan fingerprint density at radius 3 is 2.43 bits per heavy atom. The van der Waals surface area contributed by atoms with Gasteiger partial charge in [0.2, 0.25) is 0 Å². The molecule has 21 heavy (non-hydrogen) atoms. The molecule has 3 atom stereocenters. The van der Waals surface area contributed by atoms with Crippen molar-refractivity contribution in [1.29, 1.82) is 0 Å². The zero-order valence-corrected chi connectivity index (χ0v) is 13.4. The average Bonchev–Trinajstić information content (AvgIpc) is 2.38. The van der Waals surface area contributed by atoms with Gasteiger partial charge in [-0.1, -0.05) is 31.2 Å². The first kappa shape index (κ1) is 13.8. The van der Waals surface area contributed by atoms with Crippen LogP contribution in [0.25, 0.3) is 0 Å². The molecule has 114 valence electrons. The van der Waals surface area contributed by atoms with Crippen molar-refractivity contribution in [2.75, 3.05) is 0 Å². The van der Waals surface area contributed by atoms with E-state index in [4.69, 9.17) is 0 Å². The largest absolute Gasteiger partial charge is 0.392 e. The van der Waals surface area contributed by atoms with Gasteiger partial charge < -0.3 is 5.11 Å². The maximum Gasteiger partial charge on any atom is 0.0637 e. The molecular formula is C20H28O. The van der Waals surface area contributed by atoms with Gasteiger partial charge in [-0.2, -0.15) is 0 Å². The summed E-state index contributed by atoms with van der Waals surface area (Å²) in [7, 11) is 0. The van der Waals surface area contributed by atoms with Crippen LogP contribution in [-0.4, -0.2) is 11.2 Å². The SMILES string of the molecule is Cc1ccccc1CC(O)C12CC3CC(CC(C)(C3)C1)C2. The third-order valence-corrected chi connectivity index (χ3v) is 6.78. The fourth-order valence-corrected chi connectivity index (χ4v) is 6.45. The third kappa shape index (κ3) is 2.25. The van der Waals surface area contributed by atoms with Gasteiger partial charge in [-0.25, -0.2) is 0 Å². The number of aliphatic hydroxyl groups excluding tert-OH is 1.